The molecule has 2 rings (SSSR count). The van der Waals surface area contributed by atoms with E-state index in [1.807, 2.05) is 47.2 Å². The van der Waals surface area contributed by atoms with Crippen LogP contribution in [0.3, 0.4) is 0 Å². The van der Waals surface area contributed by atoms with Crippen LogP contribution in [0.2, 0.25) is 0 Å². The van der Waals surface area contributed by atoms with Gasteiger partial charge in [-0.05, 0) is 23.6 Å². The molecule has 2 aromatic rings. The molecule has 0 saturated heterocycles. The van der Waals surface area contributed by atoms with Crippen molar-refractivity contribution in [2.24, 2.45) is 0 Å². The number of thiophene rings is 1. The fourth-order valence-electron chi connectivity index (χ4n) is 1.35. The van der Waals surface area contributed by atoms with Gasteiger partial charge in [0.1, 0.15) is 5.75 Å². The van der Waals surface area contributed by atoms with Gasteiger partial charge >= 0.3 is 0 Å². The van der Waals surface area contributed by atoms with E-state index in [0.29, 0.717) is 13.0 Å². The largest absolute Gasteiger partial charge is 0.493 e. The fraction of sp³-hybridized carbons (Fsp3) is 0.154. The summed E-state index contributed by atoms with van der Waals surface area (Å²) in [7, 11) is 0. The van der Waals surface area contributed by atoms with E-state index in [9.17, 15) is 4.79 Å². The van der Waals surface area contributed by atoms with Crippen LogP contribution >= 0.6 is 11.3 Å². The van der Waals surface area contributed by atoms with E-state index in [1.54, 1.807) is 0 Å². The Kier molecular flexibility index (Phi) is 3.72. The van der Waals surface area contributed by atoms with Gasteiger partial charge in [0.2, 0.25) is 0 Å². The van der Waals surface area contributed by atoms with Gasteiger partial charge in [0.05, 0.1) is 6.61 Å². The van der Waals surface area contributed by atoms with Crippen LogP contribution in [0.25, 0.3) is 0 Å². The van der Waals surface area contributed by atoms with Crippen molar-refractivity contribution in [1.29, 1.82) is 0 Å². The normalized spacial score (nSPS) is 10.0. The van der Waals surface area contributed by atoms with Crippen molar-refractivity contribution < 1.29 is 9.53 Å². The maximum Gasteiger partial charge on any atom is 0.167 e. The lowest BCUT2D eigenvalue weighted by molar-refractivity contribution is 0.0962. The molecule has 0 unspecified atom stereocenters. The van der Waals surface area contributed by atoms with E-state index in [0.717, 1.165) is 11.3 Å². The number of Topliss-reactive ketones (excluding diaryl/α,β-unsaturated/α-hetero) is 1. The summed E-state index contributed by atoms with van der Waals surface area (Å²) in [6.45, 7) is 0.429. The first-order valence-corrected chi connectivity index (χ1v) is 6.04. The molecule has 1 aromatic carbocycles. The second-order valence-corrected chi connectivity index (χ2v) is 4.13. The third kappa shape index (κ3) is 2.94. The third-order valence-corrected chi connectivity index (χ3v) is 2.87. The van der Waals surface area contributed by atoms with E-state index in [4.69, 9.17) is 4.74 Å². The Bertz CT molecular complexity index is 434. The maximum atomic E-state index is 11.6. The molecule has 2 nitrogen and oxygen atoms in total. The van der Waals surface area contributed by atoms with E-state index < -0.39 is 0 Å². The molecular weight excluding hydrogens is 220 g/mol. The first-order chi connectivity index (χ1) is 7.86. The van der Waals surface area contributed by atoms with Crippen molar-refractivity contribution in [2.45, 2.75) is 6.42 Å². The summed E-state index contributed by atoms with van der Waals surface area (Å²) in [6.07, 6.45) is 0.422. The number of ether oxygens (including phenoxy) is 1. The van der Waals surface area contributed by atoms with Crippen molar-refractivity contribution in [3.05, 3.63) is 52.7 Å². The van der Waals surface area contributed by atoms with Gasteiger partial charge in [-0.3, -0.25) is 4.79 Å². The molecule has 1 aromatic heterocycles. The summed E-state index contributed by atoms with van der Waals surface area (Å²) in [5.74, 6) is 0.942. The van der Waals surface area contributed by atoms with Gasteiger partial charge in [0.25, 0.3) is 0 Å². The number of ketones is 1. The van der Waals surface area contributed by atoms with Gasteiger partial charge in [-0.2, -0.15) is 11.3 Å². The second-order valence-electron chi connectivity index (χ2n) is 3.35. The summed E-state index contributed by atoms with van der Waals surface area (Å²) in [5.41, 5.74) is 0.779. The highest BCUT2D eigenvalue weighted by Gasteiger charge is 2.05. The van der Waals surface area contributed by atoms with Gasteiger partial charge in [-0.15, -0.1) is 0 Å². The minimum Gasteiger partial charge on any atom is -0.493 e. The average molecular weight is 232 g/mol. The molecular formula is C13H12O2S. The number of rotatable bonds is 5. The Hall–Kier alpha value is -1.61. The highest BCUT2D eigenvalue weighted by atomic mass is 32.1. The molecule has 0 saturated carbocycles. The van der Waals surface area contributed by atoms with Gasteiger partial charge in [-0.25, -0.2) is 0 Å². The van der Waals surface area contributed by atoms with Crippen LogP contribution in [0, 0.1) is 0 Å². The van der Waals surface area contributed by atoms with Gasteiger partial charge in [-0.1, -0.05) is 18.2 Å². The Morgan fingerprint density at radius 3 is 2.69 bits per heavy atom. The molecule has 16 heavy (non-hydrogen) atoms. The topological polar surface area (TPSA) is 26.3 Å². The zero-order valence-corrected chi connectivity index (χ0v) is 9.57. The van der Waals surface area contributed by atoms with Crippen LogP contribution in [-0.2, 0) is 0 Å². The highest BCUT2D eigenvalue weighted by Crippen LogP contribution is 2.11. The Labute approximate surface area is 98.5 Å². The molecule has 0 aliphatic heterocycles. The summed E-state index contributed by atoms with van der Waals surface area (Å²) in [6, 6.07) is 11.4. The number of benzene rings is 1. The molecule has 0 spiro atoms. The summed E-state index contributed by atoms with van der Waals surface area (Å²) >= 11 is 1.54. The van der Waals surface area contributed by atoms with Gasteiger partial charge in [0.15, 0.2) is 5.78 Å². The Morgan fingerprint density at radius 2 is 2.00 bits per heavy atom. The van der Waals surface area contributed by atoms with Crippen LogP contribution in [0.5, 0.6) is 5.75 Å². The van der Waals surface area contributed by atoms with Crippen molar-refractivity contribution in [3.63, 3.8) is 0 Å². The quantitative estimate of drug-likeness (QED) is 0.738. The van der Waals surface area contributed by atoms with Gasteiger partial charge < -0.3 is 4.74 Å². The number of para-hydroxylation sites is 1. The summed E-state index contributed by atoms with van der Waals surface area (Å²) in [4.78, 5) is 11.6. The Morgan fingerprint density at radius 1 is 1.19 bits per heavy atom. The smallest absolute Gasteiger partial charge is 0.167 e. The minimum atomic E-state index is 0.136. The summed E-state index contributed by atoms with van der Waals surface area (Å²) < 4.78 is 5.46. The van der Waals surface area contributed by atoms with E-state index >= 15 is 0 Å². The lowest BCUT2D eigenvalue weighted by Crippen LogP contribution is -2.05. The molecule has 0 radical (unpaired) electrons. The lowest BCUT2D eigenvalue weighted by Gasteiger charge is -2.04. The van der Waals surface area contributed by atoms with Crippen molar-refractivity contribution >= 4 is 17.1 Å². The minimum absolute atomic E-state index is 0.136. The van der Waals surface area contributed by atoms with E-state index in [-0.39, 0.29) is 5.78 Å². The molecule has 0 bridgehead atoms. The molecule has 0 atom stereocenters. The standard InChI is InChI=1S/C13H12O2S/c14-13(11-7-9-16-10-11)6-8-15-12-4-2-1-3-5-12/h1-5,7,9-10H,6,8H2. The number of carbonyl (C=O) groups is 1. The van der Waals surface area contributed by atoms with Crippen LogP contribution < -0.4 is 4.74 Å². The molecule has 0 aliphatic carbocycles. The summed E-state index contributed by atoms with van der Waals surface area (Å²) in [5, 5.41) is 3.77. The van der Waals surface area contributed by atoms with E-state index in [1.165, 1.54) is 11.3 Å². The SMILES string of the molecule is O=C(CCOc1ccccc1)c1ccsc1. The number of carbonyl (C=O) groups excluding carboxylic acids is 1. The molecule has 0 N–H and O–H groups in total. The molecule has 3 heteroatoms. The lowest BCUT2D eigenvalue weighted by atomic mass is 10.2. The van der Waals surface area contributed by atoms with Gasteiger partial charge in [0, 0.05) is 17.4 Å². The maximum absolute atomic E-state index is 11.6. The highest BCUT2D eigenvalue weighted by molar-refractivity contribution is 7.08. The first-order valence-electron chi connectivity index (χ1n) is 5.09. The monoisotopic (exact) mass is 232 g/mol. The zero-order chi connectivity index (χ0) is 11.2. The first kappa shape index (κ1) is 10.9. The van der Waals surface area contributed by atoms with Crippen LogP contribution in [0.1, 0.15) is 16.8 Å². The number of hydrogen-bond acceptors (Lipinski definition) is 3. The molecule has 0 amide bonds. The predicted molar refractivity (Wildman–Crippen MR) is 65.2 cm³/mol. The molecule has 0 aliphatic rings. The van der Waals surface area contributed by atoms with Crippen LogP contribution in [0.4, 0.5) is 0 Å². The van der Waals surface area contributed by atoms with Crippen molar-refractivity contribution in [2.75, 3.05) is 6.61 Å². The molecule has 82 valence electrons. The second kappa shape index (κ2) is 5.47. The van der Waals surface area contributed by atoms with Crippen LogP contribution in [0.15, 0.2) is 47.2 Å². The van der Waals surface area contributed by atoms with Crippen molar-refractivity contribution in [1.82, 2.24) is 0 Å². The average Bonchev–Trinajstić information content (AvgIpc) is 2.84. The van der Waals surface area contributed by atoms with Crippen LogP contribution in [-0.4, -0.2) is 12.4 Å². The predicted octanol–water partition coefficient (Wildman–Crippen LogP) is 3.40. The molecule has 0 fully saturated rings. The zero-order valence-electron chi connectivity index (χ0n) is 8.76. The Balaban J connectivity index is 1.79. The third-order valence-electron chi connectivity index (χ3n) is 2.18. The molecule has 1 heterocycles. The number of hydrogen-bond donors (Lipinski definition) is 0. The fourth-order valence-corrected chi connectivity index (χ4v) is 2.01. The van der Waals surface area contributed by atoms with Crippen molar-refractivity contribution in [3.8, 4) is 5.75 Å². The van der Waals surface area contributed by atoms with E-state index in [2.05, 4.69) is 0 Å².